The van der Waals surface area contributed by atoms with Crippen molar-refractivity contribution in [2.75, 3.05) is 0 Å². The first-order chi connectivity index (χ1) is 2.00. The third kappa shape index (κ3) is 36.2. The van der Waals surface area contributed by atoms with Gasteiger partial charge in [0, 0.05) is 0 Å². The van der Waals surface area contributed by atoms with Crippen molar-refractivity contribution in [3.05, 3.63) is 7.43 Å². The summed E-state index contributed by atoms with van der Waals surface area (Å²) in [4.78, 5) is 0. The zero-order valence-electron chi connectivity index (χ0n) is 3.01. The van der Waals surface area contributed by atoms with Crippen LogP contribution >= 0.6 is 33.3 Å². The van der Waals surface area contributed by atoms with E-state index in [0.717, 1.165) is 0 Å². The molecule has 0 nitrogen and oxygen atoms in total. The summed E-state index contributed by atoms with van der Waals surface area (Å²) in [5, 5.41) is 0. The fourth-order valence-corrected chi connectivity index (χ4v) is 0. The standard InChI is InChI=1S/CH3.4ClH.Pb/h1H3;4*1H;/q;;;;;+4/p-4. The molecule has 1 radical (unpaired) electrons. The normalized spacial score (nSPS) is 10.0. The minimum atomic E-state index is -3.39. The van der Waals surface area contributed by atoms with Crippen LogP contribution in [0.25, 0.3) is 0 Å². The Morgan fingerprint density at radius 2 is 0.833 bits per heavy atom. The van der Waals surface area contributed by atoms with E-state index in [4.69, 9.17) is 33.3 Å². The fraction of sp³-hybridized carbons (Fsp3) is 0. The van der Waals surface area contributed by atoms with Gasteiger partial charge in [-0.25, -0.2) is 0 Å². The monoisotopic (exact) mass is 363 g/mol. The summed E-state index contributed by atoms with van der Waals surface area (Å²) in [5.41, 5.74) is 0. The van der Waals surface area contributed by atoms with Crippen molar-refractivity contribution in [3.8, 4) is 0 Å². The summed E-state index contributed by atoms with van der Waals surface area (Å²) in [6.45, 7) is 0. The molecule has 39 valence electrons. The number of rotatable bonds is 0. The van der Waals surface area contributed by atoms with Gasteiger partial charge in [0.15, 0.2) is 0 Å². The van der Waals surface area contributed by atoms with E-state index in [1.165, 1.54) is 0 Å². The molecule has 0 aliphatic heterocycles. The van der Waals surface area contributed by atoms with Crippen LogP contribution in [-0.4, -0.2) is 16.3 Å². The van der Waals surface area contributed by atoms with Gasteiger partial charge in [0.2, 0.25) is 0 Å². The Morgan fingerprint density at radius 1 is 0.833 bits per heavy atom. The summed E-state index contributed by atoms with van der Waals surface area (Å²) < 4.78 is 0. The molecule has 0 amide bonds. The Hall–Kier alpha value is 2.08. The predicted octanol–water partition coefficient (Wildman–Crippen LogP) is 2.83. The molecule has 0 saturated carbocycles. The van der Waals surface area contributed by atoms with Gasteiger partial charge in [-0.1, -0.05) is 7.43 Å². The molecular formula is CH3Cl4Pb. The zero-order chi connectivity index (χ0) is 4.50. The Kier molecular flexibility index (Phi) is 7.33. The maximum absolute atomic E-state index is 5.05. The van der Waals surface area contributed by atoms with Gasteiger partial charge in [0.25, 0.3) is 0 Å². The first kappa shape index (κ1) is 11.0. The van der Waals surface area contributed by atoms with Gasteiger partial charge < -0.3 is 0 Å². The van der Waals surface area contributed by atoms with Crippen molar-refractivity contribution in [1.82, 2.24) is 0 Å². The van der Waals surface area contributed by atoms with Crippen LogP contribution in [0.1, 0.15) is 0 Å². The van der Waals surface area contributed by atoms with Crippen LogP contribution in [0.5, 0.6) is 0 Å². The van der Waals surface area contributed by atoms with Gasteiger partial charge in [-0.3, -0.25) is 0 Å². The van der Waals surface area contributed by atoms with E-state index >= 15 is 0 Å². The summed E-state index contributed by atoms with van der Waals surface area (Å²) >= 11 is -3.39. The number of hydrogen-bond donors (Lipinski definition) is 0. The molecule has 0 aliphatic carbocycles. The van der Waals surface area contributed by atoms with Crippen molar-refractivity contribution in [2.24, 2.45) is 0 Å². The topological polar surface area (TPSA) is 0 Å². The molecule has 0 aromatic rings. The van der Waals surface area contributed by atoms with Gasteiger partial charge in [-0.15, -0.1) is 0 Å². The molecule has 0 atom stereocenters. The van der Waals surface area contributed by atoms with Crippen LogP contribution in [0.2, 0.25) is 0 Å². The average molecular weight is 364 g/mol. The molecule has 0 aromatic heterocycles. The SMILES string of the molecule is [CH3].[Cl][Pb]([Cl])([Cl])[Cl]. The Balaban J connectivity index is 0. The van der Waals surface area contributed by atoms with E-state index in [1.807, 2.05) is 0 Å². The van der Waals surface area contributed by atoms with Crippen molar-refractivity contribution < 1.29 is 0 Å². The first-order valence-corrected chi connectivity index (χ1v) is 19.9. The maximum atomic E-state index is 5.05. The van der Waals surface area contributed by atoms with E-state index in [2.05, 4.69) is 0 Å². The van der Waals surface area contributed by atoms with Crippen molar-refractivity contribution >= 4 is 49.5 Å². The summed E-state index contributed by atoms with van der Waals surface area (Å²) in [7, 11) is 20.2. The van der Waals surface area contributed by atoms with Crippen LogP contribution in [0.15, 0.2) is 0 Å². The molecule has 0 heterocycles. The Bertz CT molecular complexity index is 23.0. The summed E-state index contributed by atoms with van der Waals surface area (Å²) in [5.74, 6) is 0. The molecular weight excluding hydrogens is 361 g/mol. The average Bonchev–Trinajstić information content (AvgIpc) is 0.722. The van der Waals surface area contributed by atoms with Crippen LogP contribution in [0.3, 0.4) is 0 Å². The molecule has 0 aromatic carbocycles. The van der Waals surface area contributed by atoms with E-state index < -0.39 is 16.3 Å². The van der Waals surface area contributed by atoms with Gasteiger partial charge in [0.1, 0.15) is 0 Å². The Labute approximate surface area is 56.2 Å². The van der Waals surface area contributed by atoms with Gasteiger partial charge in [-0.05, 0) is 0 Å². The summed E-state index contributed by atoms with van der Waals surface area (Å²) in [6, 6.07) is 0. The second-order valence-corrected chi connectivity index (χ2v) is 33.8. The molecule has 0 fully saturated rings. The minimum absolute atomic E-state index is 0. The van der Waals surface area contributed by atoms with Crippen molar-refractivity contribution in [1.29, 1.82) is 0 Å². The van der Waals surface area contributed by atoms with Gasteiger partial charge in [0.05, 0.1) is 0 Å². The summed E-state index contributed by atoms with van der Waals surface area (Å²) in [6.07, 6.45) is 0. The molecule has 0 spiro atoms. The van der Waals surface area contributed by atoms with Crippen LogP contribution in [0, 0.1) is 7.43 Å². The number of halogens is 4. The van der Waals surface area contributed by atoms with E-state index in [1.54, 1.807) is 0 Å². The van der Waals surface area contributed by atoms with Crippen LogP contribution in [0.4, 0.5) is 0 Å². The van der Waals surface area contributed by atoms with Crippen molar-refractivity contribution in [3.63, 3.8) is 0 Å². The van der Waals surface area contributed by atoms with E-state index in [0.29, 0.717) is 0 Å². The fourth-order valence-electron chi connectivity index (χ4n) is 0. The van der Waals surface area contributed by atoms with Crippen LogP contribution in [-0.2, 0) is 0 Å². The molecule has 0 N–H and O–H groups in total. The van der Waals surface area contributed by atoms with Gasteiger partial charge >= 0.3 is 49.5 Å². The van der Waals surface area contributed by atoms with E-state index in [-0.39, 0.29) is 7.43 Å². The molecule has 6 heavy (non-hydrogen) atoms. The molecule has 0 unspecified atom stereocenters. The molecule has 0 saturated heterocycles. The van der Waals surface area contributed by atoms with Crippen LogP contribution < -0.4 is 0 Å². The molecule has 0 rings (SSSR count). The predicted molar refractivity (Wildman–Crippen MR) is 35.6 cm³/mol. The third-order valence-corrected chi connectivity index (χ3v) is 0. The first-order valence-electron chi connectivity index (χ1n) is 0.756. The molecule has 0 bridgehead atoms. The van der Waals surface area contributed by atoms with Crippen molar-refractivity contribution in [2.45, 2.75) is 0 Å². The third-order valence-electron chi connectivity index (χ3n) is 0. The molecule has 5 heteroatoms. The number of hydrogen-bond acceptors (Lipinski definition) is 0. The molecule has 0 aliphatic rings. The Morgan fingerprint density at radius 3 is 0.833 bits per heavy atom. The second-order valence-electron chi connectivity index (χ2n) is 0.429. The van der Waals surface area contributed by atoms with E-state index in [9.17, 15) is 0 Å². The zero-order valence-corrected chi connectivity index (χ0v) is 9.92. The van der Waals surface area contributed by atoms with Gasteiger partial charge in [-0.2, -0.15) is 0 Å². The second kappa shape index (κ2) is 4.01. The quantitative estimate of drug-likeness (QED) is 0.580.